The van der Waals surface area contributed by atoms with Gasteiger partial charge in [0.25, 0.3) is 0 Å². The molecule has 0 atom stereocenters. The predicted octanol–water partition coefficient (Wildman–Crippen LogP) is 3.94. The number of ether oxygens (including phenoxy) is 1. The summed E-state index contributed by atoms with van der Waals surface area (Å²) in [6, 6.07) is 13.1. The van der Waals surface area contributed by atoms with Crippen molar-refractivity contribution < 1.29 is 9.13 Å². The normalized spacial score (nSPS) is 15.0. The van der Waals surface area contributed by atoms with Crippen LogP contribution < -0.4 is 0 Å². The topological polar surface area (TPSA) is 48.1 Å². The van der Waals surface area contributed by atoms with Gasteiger partial charge < -0.3 is 13.9 Å². The standard InChI is InChI=1S/C24H26FN5O/c1-2-30-22-7-6-18(16-28-10-12-31-13-11-28)14-21(22)27-23(30)17-29-9-8-26-24(29)19-4-3-5-20(25)15-19/h3-9,14-15H,2,10-13,16-17H2,1H3. The number of halogens is 1. The fraction of sp³-hybridized carbons (Fsp3) is 0.333. The molecule has 1 aliphatic rings. The van der Waals surface area contributed by atoms with Crippen LogP contribution in [0.15, 0.2) is 54.9 Å². The molecule has 0 N–H and O–H groups in total. The van der Waals surface area contributed by atoms with Crippen LogP contribution in [0.4, 0.5) is 4.39 Å². The van der Waals surface area contributed by atoms with Crippen LogP contribution in [0, 0.1) is 5.82 Å². The summed E-state index contributed by atoms with van der Waals surface area (Å²) < 4.78 is 23.4. The average molecular weight is 420 g/mol. The number of morpholine rings is 1. The first kappa shape index (κ1) is 19.9. The van der Waals surface area contributed by atoms with Gasteiger partial charge in [0.05, 0.1) is 30.8 Å². The molecule has 5 rings (SSSR count). The van der Waals surface area contributed by atoms with Gasteiger partial charge >= 0.3 is 0 Å². The molecule has 0 aliphatic carbocycles. The molecular formula is C24H26FN5O. The number of hydrogen-bond acceptors (Lipinski definition) is 4. The summed E-state index contributed by atoms with van der Waals surface area (Å²) in [6.07, 6.45) is 3.67. The van der Waals surface area contributed by atoms with Gasteiger partial charge in [-0.25, -0.2) is 14.4 Å². The van der Waals surface area contributed by atoms with Crippen LogP contribution in [0.2, 0.25) is 0 Å². The van der Waals surface area contributed by atoms with Gasteiger partial charge in [-0.3, -0.25) is 4.90 Å². The molecule has 3 heterocycles. The summed E-state index contributed by atoms with van der Waals surface area (Å²) in [7, 11) is 0. The second-order valence-corrected chi connectivity index (χ2v) is 7.87. The van der Waals surface area contributed by atoms with Crippen molar-refractivity contribution in [2.45, 2.75) is 26.6 Å². The zero-order valence-electron chi connectivity index (χ0n) is 17.7. The van der Waals surface area contributed by atoms with Gasteiger partial charge in [0, 0.05) is 44.1 Å². The third-order valence-corrected chi connectivity index (χ3v) is 5.83. The van der Waals surface area contributed by atoms with E-state index in [1.165, 1.54) is 17.7 Å². The molecule has 31 heavy (non-hydrogen) atoms. The summed E-state index contributed by atoms with van der Waals surface area (Å²) in [4.78, 5) is 11.8. The van der Waals surface area contributed by atoms with E-state index < -0.39 is 0 Å². The smallest absolute Gasteiger partial charge is 0.140 e. The molecule has 6 nitrogen and oxygen atoms in total. The van der Waals surface area contributed by atoms with Crippen LogP contribution in [-0.4, -0.2) is 50.3 Å². The molecule has 1 saturated heterocycles. The number of rotatable bonds is 6. The SMILES string of the molecule is CCn1c(Cn2ccnc2-c2cccc(F)c2)nc2cc(CN3CCOCC3)ccc21. The number of hydrogen-bond donors (Lipinski definition) is 0. The van der Waals surface area contributed by atoms with E-state index in [1.807, 2.05) is 16.8 Å². The van der Waals surface area contributed by atoms with E-state index in [9.17, 15) is 4.39 Å². The Balaban J connectivity index is 1.44. The number of imidazole rings is 2. The van der Waals surface area contributed by atoms with Crippen LogP contribution in [0.3, 0.4) is 0 Å². The highest BCUT2D eigenvalue weighted by Gasteiger charge is 2.15. The Hall–Kier alpha value is -3.03. The van der Waals surface area contributed by atoms with E-state index >= 15 is 0 Å². The molecule has 0 unspecified atom stereocenters. The quantitative estimate of drug-likeness (QED) is 0.475. The zero-order chi connectivity index (χ0) is 21.2. The molecule has 0 bridgehead atoms. The largest absolute Gasteiger partial charge is 0.379 e. The van der Waals surface area contributed by atoms with Gasteiger partial charge in [0.2, 0.25) is 0 Å². The highest BCUT2D eigenvalue weighted by molar-refractivity contribution is 5.77. The number of aromatic nitrogens is 4. The van der Waals surface area contributed by atoms with Crippen molar-refractivity contribution in [3.8, 4) is 11.4 Å². The molecule has 0 saturated carbocycles. The first-order chi connectivity index (χ1) is 15.2. The Morgan fingerprint density at radius 1 is 1.06 bits per heavy atom. The van der Waals surface area contributed by atoms with Crippen molar-refractivity contribution >= 4 is 11.0 Å². The van der Waals surface area contributed by atoms with E-state index in [1.54, 1.807) is 12.3 Å². The van der Waals surface area contributed by atoms with E-state index in [-0.39, 0.29) is 5.82 Å². The maximum Gasteiger partial charge on any atom is 0.140 e. The number of fused-ring (bicyclic) bond motifs is 1. The van der Waals surface area contributed by atoms with E-state index in [4.69, 9.17) is 9.72 Å². The molecule has 160 valence electrons. The minimum Gasteiger partial charge on any atom is -0.379 e. The maximum absolute atomic E-state index is 13.7. The first-order valence-electron chi connectivity index (χ1n) is 10.8. The molecule has 0 spiro atoms. The average Bonchev–Trinajstić information content (AvgIpc) is 3.38. The summed E-state index contributed by atoms with van der Waals surface area (Å²) in [5.41, 5.74) is 4.17. The third-order valence-electron chi connectivity index (χ3n) is 5.83. The molecule has 1 aliphatic heterocycles. The molecule has 2 aromatic carbocycles. The molecule has 0 radical (unpaired) electrons. The van der Waals surface area contributed by atoms with Gasteiger partial charge in [-0.05, 0) is 36.8 Å². The van der Waals surface area contributed by atoms with Gasteiger partial charge in [-0.15, -0.1) is 0 Å². The summed E-state index contributed by atoms with van der Waals surface area (Å²) in [5, 5.41) is 0. The monoisotopic (exact) mass is 419 g/mol. The number of nitrogens with zero attached hydrogens (tertiary/aromatic N) is 5. The highest BCUT2D eigenvalue weighted by Crippen LogP contribution is 2.23. The summed E-state index contributed by atoms with van der Waals surface area (Å²) in [5.74, 6) is 1.44. The maximum atomic E-state index is 13.7. The van der Waals surface area contributed by atoms with Crippen LogP contribution in [0.25, 0.3) is 22.4 Å². The van der Waals surface area contributed by atoms with Crippen molar-refractivity contribution in [3.63, 3.8) is 0 Å². The van der Waals surface area contributed by atoms with E-state index in [0.29, 0.717) is 6.54 Å². The Kier molecular flexibility index (Phi) is 5.53. The lowest BCUT2D eigenvalue weighted by Gasteiger charge is -2.26. The lowest BCUT2D eigenvalue weighted by atomic mass is 10.2. The van der Waals surface area contributed by atoms with Gasteiger partial charge in [-0.1, -0.05) is 18.2 Å². The minimum absolute atomic E-state index is 0.263. The fourth-order valence-electron chi connectivity index (χ4n) is 4.29. The lowest BCUT2D eigenvalue weighted by molar-refractivity contribution is 0.0342. The van der Waals surface area contributed by atoms with Crippen molar-refractivity contribution in [1.29, 1.82) is 0 Å². The van der Waals surface area contributed by atoms with Crippen LogP contribution >= 0.6 is 0 Å². The van der Waals surface area contributed by atoms with Gasteiger partial charge in [-0.2, -0.15) is 0 Å². The molecule has 1 fully saturated rings. The fourth-order valence-corrected chi connectivity index (χ4v) is 4.29. The van der Waals surface area contributed by atoms with E-state index in [2.05, 4.69) is 39.6 Å². The number of benzene rings is 2. The van der Waals surface area contributed by atoms with Crippen LogP contribution in [0.5, 0.6) is 0 Å². The Morgan fingerprint density at radius 3 is 2.74 bits per heavy atom. The van der Waals surface area contributed by atoms with Crippen molar-refractivity contribution in [1.82, 2.24) is 24.0 Å². The van der Waals surface area contributed by atoms with Crippen molar-refractivity contribution in [3.05, 3.63) is 72.1 Å². The van der Waals surface area contributed by atoms with E-state index in [0.717, 1.165) is 67.6 Å². The second kappa shape index (κ2) is 8.61. The van der Waals surface area contributed by atoms with Crippen molar-refractivity contribution in [2.75, 3.05) is 26.3 Å². The Bertz CT molecular complexity index is 1190. The Labute approximate surface area is 180 Å². The molecule has 4 aromatic rings. The van der Waals surface area contributed by atoms with Crippen LogP contribution in [0.1, 0.15) is 18.3 Å². The molecule has 2 aromatic heterocycles. The molecule has 0 amide bonds. The summed E-state index contributed by atoms with van der Waals surface area (Å²) in [6.45, 7) is 8.00. The lowest BCUT2D eigenvalue weighted by Crippen LogP contribution is -2.35. The minimum atomic E-state index is -0.263. The van der Waals surface area contributed by atoms with Gasteiger partial charge in [0.1, 0.15) is 17.5 Å². The molecule has 7 heteroatoms. The summed E-state index contributed by atoms with van der Waals surface area (Å²) >= 11 is 0. The third kappa shape index (κ3) is 4.11. The predicted molar refractivity (Wildman–Crippen MR) is 118 cm³/mol. The zero-order valence-corrected chi connectivity index (χ0v) is 17.7. The first-order valence-corrected chi connectivity index (χ1v) is 10.8. The Morgan fingerprint density at radius 2 is 1.94 bits per heavy atom. The second-order valence-electron chi connectivity index (χ2n) is 7.87. The molecular weight excluding hydrogens is 393 g/mol. The van der Waals surface area contributed by atoms with Gasteiger partial charge in [0.15, 0.2) is 0 Å². The number of aryl methyl sites for hydroxylation is 1. The van der Waals surface area contributed by atoms with Crippen LogP contribution in [-0.2, 0) is 24.4 Å². The van der Waals surface area contributed by atoms with Crippen molar-refractivity contribution in [2.24, 2.45) is 0 Å². The highest BCUT2D eigenvalue weighted by atomic mass is 19.1.